The van der Waals surface area contributed by atoms with Crippen LogP contribution in [0.4, 0.5) is 10.1 Å². The molecule has 118 valence electrons. The number of benzene rings is 1. The SMILES string of the molecule is CCN(CC1(CNC(C)C)CCOC1)c1ccccc1F. The Bertz CT molecular complexity index is 444. The molecule has 1 aliphatic rings. The van der Waals surface area contributed by atoms with Crippen LogP contribution in [0, 0.1) is 11.2 Å². The lowest BCUT2D eigenvalue weighted by Gasteiger charge is -2.36. The first kappa shape index (κ1) is 16.2. The van der Waals surface area contributed by atoms with Crippen molar-refractivity contribution in [1.82, 2.24) is 5.32 Å². The minimum Gasteiger partial charge on any atom is -0.381 e. The summed E-state index contributed by atoms with van der Waals surface area (Å²) in [4.78, 5) is 2.13. The zero-order valence-corrected chi connectivity index (χ0v) is 13.4. The van der Waals surface area contributed by atoms with Crippen molar-refractivity contribution in [2.45, 2.75) is 33.2 Å². The Hall–Kier alpha value is -1.13. The van der Waals surface area contributed by atoms with E-state index in [1.165, 1.54) is 6.07 Å². The summed E-state index contributed by atoms with van der Waals surface area (Å²) in [5, 5.41) is 3.52. The van der Waals surface area contributed by atoms with Crippen molar-refractivity contribution in [3.8, 4) is 0 Å². The molecule has 4 heteroatoms. The fraction of sp³-hybridized carbons (Fsp3) is 0.647. The third-order valence-electron chi connectivity index (χ3n) is 4.17. The van der Waals surface area contributed by atoms with Gasteiger partial charge >= 0.3 is 0 Å². The molecule has 0 saturated carbocycles. The van der Waals surface area contributed by atoms with Crippen molar-refractivity contribution < 1.29 is 9.13 Å². The Morgan fingerprint density at radius 1 is 1.38 bits per heavy atom. The average Bonchev–Trinajstić information content (AvgIpc) is 2.93. The van der Waals surface area contributed by atoms with Gasteiger partial charge in [-0.25, -0.2) is 4.39 Å². The summed E-state index contributed by atoms with van der Waals surface area (Å²) < 4.78 is 19.7. The number of rotatable bonds is 7. The first-order chi connectivity index (χ1) is 10.1. The summed E-state index contributed by atoms with van der Waals surface area (Å²) in [6, 6.07) is 7.47. The second-order valence-corrected chi connectivity index (χ2v) is 6.30. The molecule has 1 fully saturated rings. The van der Waals surface area contributed by atoms with E-state index in [2.05, 4.69) is 31.0 Å². The molecule has 1 atom stereocenters. The maximum atomic E-state index is 14.1. The molecule has 0 aliphatic carbocycles. The van der Waals surface area contributed by atoms with Gasteiger partial charge in [-0.15, -0.1) is 0 Å². The van der Waals surface area contributed by atoms with Crippen LogP contribution in [-0.2, 0) is 4.74 Å². The van der Waals surface area contributed by atoms with Crippen LogP contribution in [0.2, 0.25) is 0 Å². The Labute approximate surface area is 127 Å². The highest BCUT2D eigenvalue weighted by molar-refractivity contribution is 5.47. The molecule has 2 rings (SSSR count). The molecule has 1 unspecified atom stereocenters. The molecule has 0 bridgehead atoms. The molecule has 1 aromatic rings. The summed E-state index contributed by atoms with van der Waals surface area (Å²) in [5.41, 5.74) is 0.763. The predicted molar refractivity (Wildman–Crippen MR) is 85.3 cm³/mol. The minimum absolute atomic E-state index is 0.0720. The van der Waals surface area contributed by atoms with E-state index < -0.39 is 0 Å². The lowest BCUT2D eigenvalue weighted by atomic mass is 9.86. The molecule has 0 aromatic heterocycles. The number of halogens is 1. The maximum absolute atomic E-state index is 14.1. The number of ether oxygens (including phenoxy) is 1. The lowest BCUT2D eigenvalue weighted by molar-refractivity contribution is 0.150. The van der Waals surface area contributed by atoms with Gasteiger partial charge in [0.2, 0.25) is 0 Å². The van der Waals surface area contributed by atoms with Gasteiger partial charge in [0.1, 0.15) is 5.82 Å². The van der Waals surface area contributed by atoms with Gasteiger partial charge in [0, 0.05) is 37.7 Å². The van der Waals surface area contributed by atoms with Crippen molar-refractivity contribution >= 4 is 5.69 Å². The summed E-state index contributed by atoms with van der Waals surface area (Å²) in [6.45, 7) is 10.5. The first-order valence-electron chi connectivity index (χ1n) is 7.87. The van der Waals surface area contributed by atoms with Crippen LogP contribution in [0.15, 0.2) is 24.3 Å². The van der Waals surface area contributed by atoms with Gasteiger partial charge in [0.05, 0.1) is 12.3 Å². The highest BCUT2D eigenvalue weighted by Gasteiger charge is 2.36. The molecule has 21 heavy (non-hydrogen) atoms. The van der Waals surface area contributed by atoms with E-state index in [4.69, 9.17) is 4.74 Å². The molecule has 3 nitrogen and oxygen atoms in total. The van der Waals surface area contributed by atoms with Crippen molar-refractivity contribution in [2.75, 3.05) is 37.7 Å². The lowest BCUT2D eigenvalue weighted by Crippen LogP contribution is -2.46. The molecule has 1 N–H and O–H groups in total. The van der Waals surface area contributed by atoms with Gasteiger partial charge in [-0.3, -0.25) is 0 Å². The Kier molecular flexibility index (Phi) is 5.59. The Morgan fingerprint density at radius 3 is 2.71 bits per heavy atom. The van der Waals surface area contributed by atoms with Crippen LogP contribution in [-0.4, -0.2) is 38.9 Å². The largest absolute Gasteiger partial charge is 0.381 e. The van der Waals surface area contributed by atoms with Crippen molar-refractivity contribution in [3.63, 3.8) is 0 Å². The minimum atomic E-state index is -0.148. The number of anilines is 1. The van der Waals surface area contributed by atoms with Gasteiger partial charge in [-0.2, -0.15) is 0 Å². The standard InChI is InChI=1S/C17H27FN2O/c1-4-20(16-8-6-5-7-15(16)18)12-17(9-10-21-13-17)11-19-14(2)3/h5-8,14,19H,4,9-13H2,1-3H3. The van der Waals surface area contributed by atoms with E-state index in [-0.39, 0.29) is 11.2 Å². The highest BCUT2D eigenvalue weighted by Crippen LogP contribution is 2.31. The zero-order valence-electron chi connectivity index (χ0n) is 13.4. The quantitative estimate of drug-likeness (QED) is 0.836. The summed E-state index contributed by atoms with van der Waals surface area (Å²) in [5.74, 6) is -0.148. The normalized spacial score (nSPS) is 22.0. The van der Waals surface area contributed by atoms with Gasteiger partial charge in [0.15, 0.2) is 0 Å². The van der Waals surface area contributed by atoms with Crippen LogP contribution in [0.5, 0.6) is 0 Å². The third kappa shape index (κ3) is 4.17. The van der Waals surface area contributed by atoms with Crippen molar-refractivity contribution in [2.24, 2.45) is 5.41 Å². The molecule has 0 radical (unpaired) electrons. The molecule has 0 amide bonds. The number of nitrogens with one attached hydrogen (secondary N) is 1. The molecular weight excluding hydrogens is 267 g/mol. The number of nitrogens with zero attached hydrogens (tertiary/aromatic N) is 1. The Morgan fingerprint density at radius 2 is 2.14 bits per heavy atom. The second-order valence-electron chi connectivity index (χ2n) is 6.30. The first-order valence-corrected chi connectivity index (χ1v) is 7.87. The molecule has 1 aliphatic heterocycles. The van der Waals surface area contributed by atoms with E-state index in [1.807, 2.05) is 12.1 Å². The molecule has 1 heterocycles. The van der Waals surface area contributed by atoms with Gasteiger partial charge in [0.25, 0.3) is 0 Å². The molecule has 0 spiro atoms. The van der Waals surface area contributed by atoms with Crippen LogP contribution < -0.4 is 10.2 Å². The van der Waals surface area contributed by atoms with E-state index in [0.717, 1.165) is 39.3 Å². The van der Waals surface area contributed by atoms with Gasteiger partial charge < -0.3 is 15.0 Å². The van der Waals surface area contributed by atoms with Crippen molar-refractivity contribution in [1.29, 1.82) is 0 Å². The van der Waals surface area contributed by atoms with Crippen LogP contribution in [0.25, 0.3) is 0 Å². The zero-order chi connectivity index (χ0) is 15.3. The Balaban J connectivity index is 2.12. The van der Waals surface area contributed by atoms with Crippen LogP contribution in [0.1, 0.15) is 27.2 Å². The maximum Gasteiger partial charge on any atom is 0.146 e. The fourth-order valence-corrected chi connectivity index (χ4v) is 2.87. The molecule has 1 aromatic carbocycles. The van der Waals surface area contributed by atoms with Crippen LogP contribution in [0.3, 0.4) is 0 Å². The van der Waals surface area contributed by atoms with E-state index in [0.29, 0.717) is 11.7 Å². The smallest absolute Gasteiger partial charge is 0.146 e. The van der Waals surface area contributed by atoms with Gasteiger partial charge in [-0.1, -0.05) is 26.0 Å². The van der Waals surface area contributed by atoms with E-state index >= 15 is 0 Å². The van der Waals surface area contributed by atoms with Crippen LogP contribution >= 0.6 is 0 Å². The average molecular weight is 294 g/mol. The third-order valence-corrected chi connectivity index (χ3v) is 4.17. The highest BCUT2D eigenvalue weighted by atomic mass is 19.1. The second kappa shape index (κ2) is 7.23. The number of hydrogen-bond donors (Lipinski definition) is 1. The molecular formula is C17H27FN2O. The number of hydrogen-bond acceptors (Lipinski definition) is 3. The number of para-hydroxylation sites is 1. The molecule has 1 saturated heterocycles. The van der Waals surface area contributed by atoms with Crippen molar-refractivity contribution in [3.05, 3.63) is 30.1 Å². The predicted octanol–water partition coefficient (Wildman–Crippen LogP) is 3.06. The summed E-state index contributed by atoms with van der Waals surface area (Å²) in [6.07, 6.45) is 1.03. The summed E-state index contributed by atoms with van der Waals surface area (Å²) in [7, 11) is 0. The topological polar surface area (TPSA) is 24.5 Å². The van der Waals surface area contributed by atoms with E-state index in [1.54, 1.807) is 6.07 Å². The van der Waals surface area contributed by atoms with E-state index in [9.17, 15) is 4.39 Å². The summed E-state index contributed by atoms with van der Waals surface area (Å²) >= 11 is 0. The monoisotopic (exact) mass is 294 g/mol. The van der Waals surface area contributed by atoms with Gasteiger partial charge in [-0.05, 0) is 25.5 Å². The fourth-order valence-electron chi connectivity index (χ4n) is 2.87.